The first kappa shape index (κ1) is 24.0. The van der Waals surface area contributed by atoms with E-state index >= 15 is 0 Å². The van der Waals surface area contributed by atoms with E-state index in [1.807, 2.05) is 12.1 Å². The first-order chi connectivity index (χ1) is 17.6. The van der Waals surface area contributed by atoms with E-state index < -0.39 is 11.9 Å². The van der Waals surface area contributed by atoms with Gasteiger partial charge < -0.3 is 9.64 Å². The van der Waals surface area contributed by atoms with Gasteiger partial charge in [0.25, 0.3) is 5.91 Å². The summed E-state index contributed by atoms with van der Waals surface area (Å²) in [6.07, 6.45) is 14.2. The zero-order valence-corrected chi connectivity index (χ0v) is 21.3. The van der Waals surface area contributed by atoms with Gasteiger partial charge in [-0.3, -0.25) is 24.6 Å². The van der Waals surface area contributed by atoms with E-state index in [4.69, 9.17) is 4.74 Å². The summed E-state index contributed by atoms with van der Waals surface area (Å²) in [4.78, 5) is 41.3. The quantitative estimate of drug-likeness (QED) is 0.603. The summed E-state index contributed by atoms with van der Waals surface area (Å²) in [7, 11) is 0. The Morgan fingerprint density at radius 1 is 0.917 bits per heavy atom. The summed E-state index contributed by atoms with van der Waals surface area (Å²) in [5, 5.41) is 2.39. The van der Waals surface area contributed by atoms with Crippen LogP contribution in [0, 0.1) is 11.8 Å². The number of fused-ring (bicyclic) bond motifs is 1. The van der Waals surface area contributed by atoms with Crippen LogP contribution in [0.4, 0.5) is 5.69 Å². The Morgan fingerprint density at radius 2 is 1.72 bits per heavy atom. The van der Waals surface area contributed by atoms with Gasteiger partial charge in [-0.2, -0.15) is 0 Å². The predicted molar refractivity (Wildman–Crippen MR) is 137 cm³/mol. The third kappa shape index (κ3) is 4.67. The molecule has 7 nitrogen and oxygen atoms in total. The minimum absolute atomic E-state index is 0.0646. The Labute approximate surface area is 213 Å². The maximum Gasteiger partial charge on any atom is 0.265 e. The molecular formula is C29H39N3O4. The molecule has 1 N–H and O–H groups in total. The number of carbonyl (C=O) groups is 3. The summed E-state index contributed by atoms with van der Waals surface area (Å²) < 4.78 is 5.99. The lowest BCUT2D eigenvalue weighted by molar-refractivity contribution is -0.136. The first-order valence-corrected chi connectivity index (χ1v) is 14.2. The van der Waals surface area contributed by atoms with Crippen LogP contribution in [-0.4, -0.2) is 54.4 Å². The summed E-state index contributed by atoms with van der Waals surface area (Å²) in [5.74, 6) is 2.20. The Bertz CT molecular complexity index is 1010. The van der Waals surface area contributed by atoms with Crippen molar-refractivity contribution in [2.24, 2.45) is 11.8 Å². The highest BCUT2D eigenvalue weighted by Crippen LogP contribution is 2.44. The number of nitrogens with zero attached hydrogens (tertiary/aromatic N) is 2. The predicted octanol–water partition coefficient (Wildman–Crippen LogP) is 4.15. The number of carbonyl (C=O) groups excluding carboxylic acids is 3. The molecule has 0 spiro atoms. The Kier molecular flexibility index (Phi) is 6.76. The fourth-order valence-electron chi connectivity index (χ4n) is 7.29. The number of benzene rings is 1. The highest BCUT2D eigenvalue weighted by Gasteiger charge is 2.40. The van der Waals surface area contributed by atoms with Gasteiger partial charge in [-0.15, -0.1) is 0 Å². The number of likely N-dealkylation sites (tertiary alicyclic amines) is 1. The average Bonchev–Trinajstić information content (AvgIpc) is 3.32. The molecule has 0 aromatic heterocycles. The van der Waals surface area contributed by atoms with Crippen molar-refractivity contribution in [3.8, 4) is 5.75 Å². The second-order valence-electron chi connectivity index (χ2n) is 11.7. The van der Waals surface area contributed by atoms with Crippen LogP contribution in [0.1, 0.15) is 88.5 Å². The molecule has 36 heavy (non-hydrogen) atoms. The van der Waals surface area contributed by atoms with Crippen LogP contribution in [0.25, 0.3) is 0 Å². The standard InChI is InChI=1S/C29H39N3O4/c33-26-12-11-25(29(35)30-26)32-24-6-2-5-23(28(24)36-18-27(32)34)21-13-15-31(16-14-21)22-10-9-20(17-22)8-7-19-3-1-4-19/h2,5-6,19-22,25H,1,3-4,7-18H2,(H,30,33,35). The zero-order chi connectivity index (χ0) is 24.6. The number of ether oxygens (including phenoxy) is 1. The topological polar surface area (TPSA) is 79.0 Å². The van der Waals surface area contributed by atoms with Crippen molar-refractivity contribution in [3.63, 3.8) is 0 Å². The molecule has 2 saturated carbocycles. The zero-order valence-electron chi connectivity index (χ0n) is 21.3. The van der Waals surface area contributed by atoms with Crippen LogP contribution in [0.2, 0.25) is 0 Å². The second-order valence-corrected chi connectivity index (χ2v) is 11.7. The van der Waals surface area contributed by atoms with E-state index in [2.05, 4.69) is 16.3 Å². The SMILES string of the molecule is O=C1CCC(N2C(=O)COc3c(C4CCN(C5CCC(CCC6CCC6)C5)CC4)cccc32)C(=O)N1. The Morgan fingerprint density at radius 3 is 2.47 bits per heavy atom. The molecule has 1 aromatic carbocycles. The van der Waals surface area contributed by atoms with Crippen LogP contribution in [0.15, 0.2) is 18.2 Å². The fourth-order valence-corrected chi connectivity index (χ4v) is 7.29. The minimum Gasteiger partial charge on any atom is -0.481 e. The van der Waals surface area contributed by atoms with E-state index in [-0.39, 0.29) is 24.8 Å². The molecule has 5 aliphatic rings. The number of para-hydroxylation sites is 1. The van der Waals surface area contributed by atoms with Crippen molar-refractivity contribution in [1.29, 1.82) is 0 Å². The number of nitrogens with one attached hydrogen (secondary N) is 1. The van der Waals surface area contributed by atoms with Gasteiger partial charge in [0, 0.05) is 12.5 Å². The third-order valence-corrected chi connectivity index (χ3v) is 9.62. The molecule has 194 valence electrons. The number of anilines is 1. The monoisotopic (exact) mass is 493 g/mol. The third-order valence-electron chi connectivity index (χ3n) is 9.62. The van der Waals surface area contributed by atoms with Gasteiger partial charge in [0.05, 0.1) is 5.69 Å². The lowest BCUT2D eigenvalue weighted by Crippen LogP contribution is -2.56. The van der Waals surface area contributed by atoms with Crippen molar-refractivity contribution in [3.05, 3.63) is 23.8 Å². The van der Waals surface area contributed by atoms with Crippen LogP contribution in [0.5, 0.6) is 5.75 Å². The van der Waals surface area contributed by atoms with Crippen molar-refractivity contribution >= 4 is 23.4 Å². The van der Waals surface area contributed by atoms with Crippen LogP contribution in [0.3, 0.4) is 0 Å². The molecule has 0 bridgehead atoms. The number of rotatable bonds is 6. The van der Waals surface area contributed by atoms with Gasteiger partial charge in [-0.25, -0.2) is 0 Å². The maximum atomic E-state index is 12.8. The molecular weight excluding hydrogens is 454 g/mol. The molecule has 0 radical (unpaired) electrons. The Hall–Kier alpha value is -2.41. The molecule has 7 heteroatoms. The summed E-state index contributed by atoms with van der Waals surface area (Å²) >= 11 is 0. The van der Waals surface area contributed by atoms with Gasteiger partial charge in [-0.1, -0.05) is 44.2 Å². The van der Waals surface area contributed by atoms with E-state index in [1.165, 1.54) is 51.4 Å². The van der Waals surface area contributed by atoms with Gasteiger partial charge in [-0.05, 0) is 81.0 Å². The summed E-state index contributed by atoms with van der Waals surface area (Å²) in [5.41, 5.74) is 1.83. The maximum absolute atomic E-state index is 12.8. The van der Waals surface area contributed by atoms with E-state index in [0.717, 1.165) is 55.1 Å². The molecule has 3 heterocycles. The summed E-state index contributed by atoms with van der Waals surface area (Å²) in [6, 6.07) is 6.07. The lowest BCUT2D eigenvalue weighted by Gasteiger charge is -2.39. The minimum atomic E-state index is -0.658. The van der Waals surface area contributed by atoms with Gasteiger partial charge in [0.2, 0.25) is 11.8 Å². The van der Waals surface area contributed by atoms with Gasteiger partial charge in [0.1, 0.15) is 11.8 Å². The van der Waals surface area contributed by atoms with Crippen molar-refractivity contribution in [2.45, 2.75) is 95.1 Å². The molecule has 6 rings (SSSR count). The molecule has 3 amide bonds. The van der Waals surface area contributed by atoms with Crippen LogP contribution < -0.4 is 15.0 Å². The lowest BCUT2D eigenvalue weighted by atomic mass is 9.80. The molecule has 2 saturated heterocycles. The highest BCUT2D eigenvalue weighted by molar-refractivity contribution is 6.08. The largest absolute Gasteiger partial charge is 0.481 e. The van der Waals surface area contributed by atoms with Crippen LogP contribution in [-0.2, 0) is 14.4 Å². The Balaban J connectivity index is 1.10. The van der Waals surface area contributed by atoms with E-state index in [1.54, 1.807) is 4.90 Å². The fraction of sp³-hybridized carbons (Fsp3) is 0.690. The second kappa shape index (κ2) is 10.2. The number of imide groups is 1. The normalized spacial score (nSPS) is 30.1. The van der Waals surface area contributed by atoms with Crippen LogP contribution >= 0.6 is 0 Å². The smallest absolute Gasteiger partial charge is 0.265 e. The van der Waals surface area contributed by atoms with Crippen molar-refractivity contribution < 1.29 is 19.1 Å². The molecule has 3 atom stereocenters. The number of hydrogen-bond acceptors (Lipinski definition) is 5. The number of hydrogen-bond donors (Lipinski definition) is 1. The average molecular weight is 494 g/mol. The number of piperidine rings is 2. The van der Waals surface area contributed by atoms with Crippen molar-refractivity contribution in [2.75, 3.05) is 24.6 Å². The van der Waals surface area contributed by atoms with E-state index in [9.17, 15) is 14.4 Å². The van der Waals surface area contributed by atoms with Gasteiger partial charge in [0.15, 0.2) is 6.61 Å². The van der Waals surface area contributed by atoms with Gasteiger partial charge >= 0.3 is 0 Å². The van der Waals surface area contributed by atoms with Crippen molar-refractivity contribution in [1.82, 2.24) is 10.2 Å². The number of amides is 3. The molecule has 4 fully saturated rings. The highest BCUT2D eigenvalue weighted by atomic mass is 16.5. The van der Waals surface area contributed by atoms with E-state index in [0.29, 0.717) is 18.0 Å². The molecule has 2 aliphatic carbocycles. The first-order valence-electron chi connectivity index (χ1n) is 14.2. The molecule has 3 unspecified atom stereocenters. The summed E-state index contributed by atoms with van der Waals surface area (Å²) in [6.45, 7) is 2.17. The molecule has 3 aliphatic heterocycles. The molecule has 1 aromatic rings.